The monoisotopic (exact) mass is 189 g/mol. The van der Waals surface area contributed by atoms with Crippen LogP contribution in [0.1, 0.15) is 33.3 Å². The average Bonchev–Trinajstić information content (AvgIpc) is 2.17. The largest absolute Gasteiger partial charge is 0.398 e. The Morgan fingerprint density at radius 2 is 1.86 bits per heavy atom. The number of allylic oxidation sites excluding steroid dienone is 2. The lowest BCUT2D eigenvalue weighted by molar-refractivity contribution is 0.624. The molecule has 2 N–H and O–H groups in total. The molecule has 14 heavy (non-hydrogen) atoms. The number of anilines is 1. The Morgan fingerprint density at radius 3 is 2.36 bits per heavy atom. The Hall–Kier alpha value is -1.24. The van der Waals surface area contributed by atoms with Crippen molar-refractivity contribution in [3.8, 4) is 0 Å². The molecule has 76 valence electrons. The van der Waals surface area contributed by atoms with Crippen LogP contribution in [0.15, 0.2) is 35.9 Å². The number of rotatable bonds is 2. The highest BCUT2D eigenvalue weighted by atomic mass is 14.6. The fourth-order valence-electron chi connectivity index (χ4n) is 1.64. The zero-order valence-corrected chi connectivity index (χ0v) is 9.46. The van der Waals surface area contributed by atoms with Crippen LogP contribution in [0.25, 0.3) is 0 Å². The highest BCUT2D eigenvalue weighted by molar-refractivity contribution is 5.53. The van der Waals surface area contributed by atoms with Gasteiger partial charge in [0.25, 0.3) is 0 Å². The van der Waals surface area contributed by atoms with Gasteiger partial charge in [-0.15, -0.1) is 0 Å². The minimum Gasteiger partial charge on any atom is -0.398 e. The molecule has 0 amide bonds. The van der Waals surface area contributed by atoms with Crippen LogP contribution in [0.5, 0.6) is 0 Å². The van der Waals surface area contributed by atoms with E-state index in [2.05, 4.69) is 39.8 Å². The van der Waals surface area contributed by atoms with Gasteiger partial charge in [-0.25, -0.2) is 0 Å². The number of nitrogens with two attached hydrogens (primary N) is 1. The Kier molecular flexibility index (Phi) is 3.00. The van der Waals surface area contributed by atoms with Crippen LogP contribution in [-0.2, 0) is 5.41 Å². The van der Waals surface area contributed by atoms with E-state index in [4.69, 9.17) is 5.73 Å². The molecule has 0 radical (unpaired) electrons. The van der Waals surface area contributed by atoms with Crippen LogP contribution in [-0.4, -0.2) is 0 Å². The third kappa shape index (κ3) is 1.82. The molecule has 0 atom stereocenters. The van der Waals surface area contributed by atoms with Crippen LogP contribution < -0.4 is 5.73 Å². The summed E-state index contributed by atoms with van der Waals surface area (Å²) in [6.45, 7) is 8.62. The fourth-order valence-corrected chi connectivity index (χ4v) is 1.64. The van der Waals surface area contributed by atoms with Crippen molar-refractivity contribution in [3.05, 3.63) is 41.5 Å². The molecule has 1 rings (SSSR count). The van der Waals surface area contributed by atoms with Crippen LogP contribution in [0.3, 0.4) is 0 Å². The Morgan fingerprint density at radius 1 is 1.29 bits per heavy atom. The summed E-state index contributed by atoms with van der Waals surface area (Å²) < 4.78 is 0. The van der Waals surface area contributed by atoms with Crippen molar-refractivity contribution in [3.63, 3.8) is 0 Å². The molecule has 0 aliphatic carbocycles. The maximum atomic E-state index is 5.97. The Labute approximate surface area is 86.6 Å². The summed E-state index contributed by atoms with van der Waals surface area (Å²) >= 11 is 0. The van der Waals surface area contributed by atoms with Crippen molar-refractivity contribution < 1.29 is 0 Å². The number of para-hydroxylation sites is 1. The third-order valence-electron chi connectivity index (χ3n) is 3.05. The molecule has 1 heteroatoms. The number of nitrogen functional groups attached to an aromatic ring is 1. The molecule has 1 aromatic carbocycles. The second-order valence-electron chi connectivity index (χ2n) is 4.18. The zero-order valence-electron chi connectivity index (χ0n) is 9.46. The predicted octanol–water partition coefficient (Wildman–Crippen LogP) is 3.51. The minimum atomic E-state index is 0.0279. The van der Waals surface area contributed by atoms with Gasteiger partial charge in [0, 0.05) is 11.1 Å². The molecule has 0 saturated heterocycles. The molecular weight excluding hydrogens is 170 g/mol. The van der Waals surface area contributed by atoms with Crippen LogP contribution in [0.4, 0.5) is 5.69 Å². The first-order valence-electron chi connectivity index (χ1n) is 4.98. The minimum absolute atomic E-state index is 0.0279. The van der Waals surface area contributed by atoms with E-state index in [1.165, 1.54) is 11.1 Å². The van der Waals surface area contributed by atoms with Gasteiger partial charge in [-0.05, 0) is 25.5 Å². The standard InChI is InChI=1S/C13H19N/c1-5-10(2)13(3,4)11-8-6-7-9-12(11)14/h5-9H,14H2,1-4H3/b10-5+. The molecule has 0 saturated carbocycles. The molecule has 0 aromatic heterocycles. The highest BCUT2D eigenvalue weighted by Gasteiger charge is 2.23. The molecule has 0 spiro atoms. The second kappa shape index (κ2) is 3.87. The molecule has 0 fully saturated rings. The van der Waals surface area contributed by atoms with E-state index in [1.54, 1.807) is 0 Å². The van der Waals surface area contributed by atoms with Crippen molar-refractivity contribution >= 4 is 5.69 Å². The van der Waals surface area contributed by atoms with E-state index in [0.717, 1.165) is 5.69 Å². The third-order valence-corrected chi connectivity index (χ3v) is 3.05. The lowest BCUT2D eigenvalue weighted by Gasteiger charge is -2.27. The number of hydrogen-bond donors (Lipinski definition) is 1. The van der Waals surface area contributed by atoms with E-state index in [9.17, 15) is 0 Å². The molecule has 0 bridgehead atoms. The molecular formula is C13H19N. The first-order valence-corrected chi connectivity index (χ1v) is 4.98. The van der Waals surface area contributed by atoms with Crippen molar-refractivity contribution in [2.75, 3.05) is 5.73 Å². The van der Waals surface area contributed by atoms with E-state index >= 15 is 0 Å². The summed E-state index contributed by atoms with van der Waals surface area (Å²) in [4.78, 5) is 0. The first-order chi connectivity index (χ1) is 6.50. The van der Waals surface area contributed by atoms with Gasteiger partial charge >= 0.3 is 0 Å². The average molecular weight is 189 g/mol. The van der Waals surface area contributed by atoms with E-state index < -0.39 is 0 Å². The van der Waals surface area contributed by atoms with E-state index in [-0.39, 0.29) is 5.41 Å². The van der Waals surface area contributed by atoms with Gasteiger partial charge < -0.3 is 5.73 Å². The Bertz CT molecular complexity index is 348. The van der Waals surface area contributed by atoms with E-state index in [1.807, 2.05) is 18.2 Å². The summed E-state index contributed by atoms with van der Waals surface area (Å²) in [6.07, 6.45) is 2.15. The number of hydrogen-bond acceptors (Lipinski definition) is 1. The lowest BCUT2D eigenvalue weighted by atomic mass is 9.77. The maximum Gasteiger partial charge on any atom is 0.0355 e. The second-order valence-corrected chi connectivity index (χ2v) is 4.18. The normalized spacial score (nSPS) is 13.0. The summed E-state index contributed by atoms with van der Waals surface area (Å²) in [5.41, 5.74) is 9.42. The van der Waals surface area contributed by atoms with Gasteiger partial charge in [0.2, 0.25) is 0 Å². The lowest BCUT2D eigenvalue weighted by Crippen LogP contribution is -2.20. The summed E-state index contributed by atoms with van der Waals surface area (Å²) in [7, 11) is 0. The molecule has 0 heterocycles. The van der Waals surface area contributed by atoms with Crippen molar-refractivity contribution in [1.29, 1.82) is 0 Å². The van der Waals surface area contributed by atoms with Crippen molar-refractivity contribution in [2.45, 2.75) is 33.1 Å². The van der Waals surface area contributed by atoms with Crippen molar-refractivity contribution in [2.24, 2.45) is 0 Å². The van der Waals surface area contributed by atoms with Gasteiger partial charge in [-0.2, -0.15) is 0 Å². The zero-order chi connectivity index (χ0) is 10.8. The molecule has 0 aliphatic rings. The maximum absolute atomic E-state index is 5.97. The quantitative estimate of drug-likeness (QED) is 0.559. The SMILES string of the molecule is C/C=C(\C)C(C)(C)c1ccccc1N. The van der Waals surface area contributed by atoms with Crippen LogP contribution in [0.2, 0.25) is 0 Å². The summed E-state index contributed by atoms with van der Waals surface area (Å²) in [6, 6.07) is 8.07. The van der Waals surface area contributed by atoms with Gasteiger partial charge in [0.15, 0.2) is 0 Å². The van der Waals surface area contributed by atoms with Crippen molar-refractivity contribution in [1.82, 2.24) is 0 Å². The summed E-state index contributed by atoms with van der Waals surface area (Å²) in [5.74, 6) is 0. The topological polar surface area (TPSA) is 26.0 Å². The van der Waals surface area contributed by atoms with Gasteiger partial charge in [-0.3, -0.25) is 0 Å². The Balaban J connectivity index is 3.23. The fraction of sp³-hybridized carbons (Fsp3) is 0.385. The first kappa shape index (κ1) is 10.8. The van der Waals surface area contributed by atoms with Gasteiger partial charge in [0.05, 0.1) is 0 Å². The van der Waals surface area contributed by atoms with E-state index in [0.29, 0.717) is 0 Å². The van der Waals surface area contributed by atoms with Crippen LogP contribution in [0, 0.1) is 0 Å². The molecule has 0 aliphatic heterocycles. The predicted molar refractivity (Wildman–Crippen MR) is 63.3 cm³/mol. The van der Waals surface area contributed by atoms with Gasteiger partial charge in [0.1, 0.15) is 0 Å². The van der Waals surface area contributed by atoms with Crippen LogP contribution >= 0.6 is 0 Å². The highest BCUT2D eigenvalue weighted by Crippen LogP contribution is 2.34. The molecule has 1 nitrogen and oxygen atoms in total. The summed E-state index contributed by atoms with van der Waals surface area (Å²) in [5, 5.41) is 0. The smallest absolute Gasteiger partial charge is 0.0355 e. The number of benzene rings is 1. The van der Waals surface area contributed by atoms with Gasteiger partial charge in [-0.1, -0.05) is 43.7 Å². The molecule has 0 unspecified atom stereocenters. The molecule has 1 aromatic rings.